The number of nitrogens with zero attached hydrogens (tertiary/aromatic N) is 1. The molecule has 6 aromatic carbocycles. The third kappa shape index (κ3) is 3.24. The first kappa shape index (κ1) is 24.8. The van der Waals surface area contributed by atoms with Crippen LogP contribution in [0.4, 0.5) is 0 Å². The van der Waals surface area contributed by atoms with Gasteiger partial charge in [-0.05, 0) is 52.8 Å². The van der Waals surface area contributed by atoms with Gasteiger partial charge >= 0.3 is 0 Å². The van der Waals surface area contributed by atoms with Crippen molar-refractivity contribution < 1.29 is 4.74 Å². The van der Waals surface area contributed by atoms with Crippen LogP contribution in [0, 0.1) is 0 Å². The van der Waals surface area contributed by atoms with Crippen LogP contribution in [0.1, 0.15) is 29.5 Å². The average Bonchev–Trinajstić information content (AvgIpc) is 3.46. The van der Waals surface area contributed by atoms with Crippen LogP contribution in [0.2, 0.25) is 0 Å². The van der Waals surface area contributed by atoms with Gasteiger partial charge < -0.3 is 9.30 Å². The first-order valence-electron chi connectivity index (χ1n) is 15.8. The van der Waals surface area contributed by atoms with Crippen molar-refractivity contribution >= 4 is 27.5 Å². The summed E-state index contributed by atoms with van der Waals surface area (Å²) in [5.41, 5.74) is 13.2. The van der Waals surface area contributed by atoms with Crippen molar-refractivity contribution in [2.45, 2.75) is 18.3 Å². The van der Waals surface area contributed by atoms with Crippen molar-refractivity contribution in [1.29, 1.82) is 0 Å². The second-order valence-corrected chi connectivity index (χ2v) is 12.3. The van der Waals surface area contributed by atoms with E-state index in [1.807, 2.05) is 0 Å². The van der Waals surface area contributed by atoms with Gasteiger partial charge in [-0.25, -0.2) is 0 Å². The molecule has 212 valence electrons. The summed E-state index contributed by atoms with van der Waals surface area (Å²) in [5.74, 6) is 1.86. The highest BCUT2D eigenvalue weighted by atomic mass is 16.5. The molecule has 2 heteroatoms. The molecule has 1 aliphatic carbocycles. The predicted octanol–water partition coefficient (Wildman–Crippen LogP) is 11.1. The number of fused-ring (bicyclic) bond motifs is 10. The van der Waals surface area contributed by atoms with Gasteiger partial charge in [0.15, 0.2) is 0 Å². The second-order valence-electron chi connectivity index (χ2n) is 12.3. The van der Waals surface area contributed by atoms with Crippen molar-refractivity contribution in [2.75, 3.05) is 0 Å². The monoisotopic (exact) mass is 575 g/mol. The molecule has 45 heavy (non-hydrogen) atoms. The summed E-state index contributed by atoms with van der Waals surface area (Å²) in [6.07, 6.45) is 6.79. The minimum atomic E-state index is -0.514. The molecule has 7 aromatic rings. The van der Waals surface area contributed by atoms with Crippen molar-refractivity contribution in [1.82, 2.24) is 4.57 Å². The largest absolute Gasteiger partial charge is 0.456 e. The van der Waals surface area contributed by atoms with Gasteiger partial charge in [0, 0.05) is 33.2 Å². The van der Waals surface area contributed by atoms with Crippen molar-refractivity contribution in [3.05, 3.63) is 174 Å². The lowest BCUT2D eigenvalue weighted by Gasteiger charge is -2.46. The van der Waals surface area contributed by atoms with Crippen molar-refractivity contribution in [3.63, 3.8) is 0 Å². The number of allylic oxidation sites excluding steroid dienone is 4. The Bertz CT molecular complexity index is 2390. The molecule has 1 aromatic heterocycles. The number of hydrogen-bond donors (Lipinski definition) is 0. The number of ether oxygens (including phenoxy) is 1. The van der Waals surface area contributed by atoms with E-state index in [9.17, 15) is 0 Å². The number of benzene rings is 6. The first-order chi connectivity index (χ1) is 22.3. The lowest BCUT2D eigenvalue weighted by atomic mass is 9.60. The van der Waals surface area contributed by atoms with Gasteiger partial charge in [-0.15, -0.1) is 0 Å². The van der Waals surface area contributed by atoms with E-state index in [0.717, 1.165) is 35.5 Å². The van der Waals surface area contributed by atoms with E-state index in [4.69, 9.17) is 4.74 Å². The fourth-order valence-electron chi connectivity index (χ4n) is 8.32. The topological polar surface area (TPSA) is 14.2 Å². The standard InChI is InChI=1S/C43H29NO/c1-2-12-28(13-3-1)29-24-26-30(27-25-29)31-15-10-20-37-42(31)45-40-23-9-6-18-35(40)43(37)34-17-5-8-22-39(34)44-38-21-7-4-14-32(38)33-16-11-19-36(43)41(33)44/h1-7,9-21,23-27H,8,22H2. The van der Waals surface area contributed by atoms with Crippen LogP contribution in [0.3, 0.4) is 0 Å². The first-order valence-corrected chi connectivity index (χ1v) is 15.8. The molecule has 1 spiro atoms. The Hall–Kier alpha value is -5.60. The minimum Gasteiger partial charge on any atom is -0.456 e. The van der Waals surface area contributed by atoms with E-state index >= 15 is 0 Å². The Labute approximate surface area is 262 Å². The molecule has 1 unspecified atom stereocenters. The Morgan fingerprint density at radius 2 is 1.24 bits per heavy atom. The summed E-state index contributed by atoms with van der Waals surface area (Å²) < 4.78 is 9.54. The maximum Gasteiger partial charge on any atom is 0.140 e. The second kappa shape index (κ2) is 9.20. The molecular weight excluding hydrogens is 546 g/mol. The number of aromatic nitrogens is 1. The molecule has 0 bridgehead atoms. The smallest absolute Gasteiger partial charge is 0.140 e. The van der Waals surface area contributed by atoms with Crippen LogP contribution in [0.25, 0.3) is 49.8 Å². The molecule has 0 N–H and O–H groups in total. The van der Waals surface area contributed by atoms with Crippen LogP contribution in [0.15, 0.2) is 157 Å². The molecule has 1 atom stereocenters. The number of rotatable bonds is 2. The molecule has 0 saturated heterocycles. The fourth-order valence-corrected chi connectivity index (χ4v) is 8.32. The van der Waals surface area contributed by atoms with Crippen LogP contribution < -0.4 is 4.74 Å². The zero-order valence-electron chi connectivity index (χ0n) is 24.7. The molecular formula is C43H29NO. The zero-order valence-corrected chi connectivity index (χ0v) is 24.7. The molecule has 3 heterocycles. The summed E-state index contributed by atoms with van der Waals surface area (Å²) >= 11 is 0. The van der Waals surface area contributed by atoms with Crippen LogP contribution in [-0.2, 0) is 5.41 Å². The molecule has 0 fully saturated rings. The van der Waals surface area contributed by atoms with Gasteiger partial charge in [0.05, 0.1) is 16.4 Å². The van der Waals surface area contributed by atoms with E-state index in [1.165, 1.54) is 60.9 Å². The van der Waals surface area contributed by atoms with Crippen molar-refractivity contribution in [2.24, 2.45) is 0 Å². The molecule has 2 aliphatic heterocycles. The van der Waals surface area contributed by atoms with Crippen LogP contribution in [0.5, 0.6) is 11.5 Å². The number of hydrogen-bond acceptors (Lipinski definition) is 1. The highest BCUT2D eigenvalue weighted by Gasteiger charge is 2.51. The highest BCUT2D eigenvalue weighted by Crippen LogP contribution is 2.62. The molecule has 0 radical (unpaired) electrons. The predicted molar refractivity (Wildman–Crippen MR) is 185 cm³/mol. The maximum absolute atomic E-state index is 6.97. The minimum absolute atomic E-state index is 0.514. The summed E-state index contributed by atoms with van der Waals surface area (Å²) in [6.45, 7) is 0. The molecule has 0 saturated carbocycles. The Kier molecular flexibility index (Phi) is 5.07. The molecule has 10 rings (SSSR count). The lowest BCUT2D eigenvalue weighted by Crippen LogP contribution is -2.38. The fraction of sp³-hybridized carbons (Fsp3) is 0.0698. The van der Waals surface area contributed by atoms with Crippen LogP contribution >= 0.6 is 0 Å². The third-order valence-corrected chi connectivity index (χ3v) is 10.1. The molecule has 2 nitrogen and oxygen atoms in total. The highest BCUT2D eigenvalue weighted by molar-refractivity contribution is 6.13. The van der Waals surface area contributed by atoms with E-state index < -0.39 is 5.41 Å². The number of para-hydroxylation sites is 4. The van der Waals surface area contributed by atoms with Gasteiger partial charge in [0.1, 0.15) is 11.5 Å². The van der Waals surface area contributed by atoms with E-state index in [1.54, 1.807) is 0 Å². The van der Waals surface area contributed by atoms with Gasteiger partial charge in [-0.3, -0.25) is 0 Å². The van der Waals surface area contributed by atoms with Crippen LogP contribution in [-0.4, -0.2) is 4.57 Å². The van der Waals surface area contributed by atoms with E-state index in [2.05, 4.69) is 156 Å². The Morgan fingerprint density at radius 1 is 0.556 bits per heavy atom. The van der Waals surface area contributed by atoms with E-state index in [-0.39, 0.29) is 0 Å². The quantitative estimate of drug-likeness (QED) is 0.200. The summed E-state index contributed by atoms with van der Waals surface area (Å²) in [5, 5.41) is 2.61. The Balaban J connectivity index is 1.30. The van der Waals surface area contributed by atoms with Gasteiger partial charge in [0.2, 0.25) is 0 Å². The maximum atomic E-state index is 6.97. The SMILES string of the molecule is C1=CC2=C(CC1)n1c3ccccc3c3cccc(c31)C21c2ccccc2Oc2c(-c3ccc(-c4ccccc4)cc3)cccc21. The molecule has 3 aliphatic rings. The lowest BCUT2D eigenvalue weighted by molar-refractivity contribution is 0.435. The van der Waals surface area contributed by atoms with Crippen molar-refractivity contribution in [3.8, 4) is 33.8 Å². The average molecular weight is 576 g/mol. The summed E-state index contributed by atoms with van der Waals surface area (Å²) in [6, 6.07) is 50.7. The molecule has 0 amide bonds. The van der Waals surface area contributed by atoms with E-state index in [0.29, 0.717) is 0 Å². The summed E-state index contributed by atoms with van der Waals surface area (Å²) in [7, 11) is 0. The zero-order chi connectivity index (χ0) is 29.5. The third-order valence-electron chi connectivity index (χ3n) is 10.1. The van der Waals surface area contributed by atoms with Gasteiger partial charge in [0.25, 0.3) is 0 Å². The normalized spacial score (nSPS) is 17.7. The summed E-state index contributed by atoms with van der Waals surface area (Å²) in [4.78, 5) is 0. The Morgan fingerprint density at radius 3 is 2.16 bits per heavy atom. The van der Waals surface area contributed by atoms with Gasteiger partial charge in [-0.1, -0.05) is 140 Å². The van der Waals surface area contributed by atoms with Gasteiger partial charge in [-0.2, -0.15) is 0 Å².